The Labute approximate surface area is 96.7 Å². The molecule has 0 amide bonds. The van der Waals surface area contributed by atoms with Gasteiger partial charge in [-0.1, -0.05) is 12.1 Å². The zero-order chi connectivity index (χ0) is 12.4. The number of rotatable bonds is 3. The summed E-state index contributed by atoms with van der Waals surface area (Å²) in [6.07, 6.45) is 1.28. The Morgan fingerprint density at radius 2 is 2.12 bits per heavy atom. The van der Waals surface area contributed by atoms with Gasteiger partial charge in [-0.3, -0.25) is 0 Å². The van der Waals surface area contributed by atoms with E-state index in [1.54, 1.807) is 18.2 Å². The first-order chi connectivity index (χ1) is 8.15. The summed E-state index contributed by atoms with van der Waals surface area (Å²) in [5.74, 6) is -1.44. The Bertz CT molecular complexity index is 563. The van der Waals surface area contributed by atoms with E-state index in [1.807, 2.05) is 0 Å². The Morgan fingerprint density at radius 3 is 2.71 bits per heavy atom. The van der Waals surface area contributed by atoms with E-state index in [1.165, 1.54) is 19.4 Å². The number of aromatic nitrogens is 1. The van der Waals surface area contributed by atoms with E-state index in [2.05, 4.69) is 4.98 Å². The van der Waals surface area contributed by atoms with E-state index < -0.39 is 11.8 Å². The number of halogens is 1. The average Bonchev–Trinajstić information content (AvgIpc) is 2.73. The van der Waals surface area contributed by atoms with Crippen LogP contribution in [0.5, 0.6) is 5.75 Å². The number of nitrogens with one attached hydrogen (secondary N) is 1. The molecule has 2 aromatic rings. The molecule has 5 heteroatoms. The molecule has 0 aliphatic carbocycles. The summed E-state index contributed by atoms with van der Waals surface area (Å²) in [6.45, 7) is 0. The van der Waals surface area contributed by atoms with Crippen molar-refractivity contribution in [1.82, 2.24) is 4.98 Å². The van der Waals surface area contributed by atoms with Crippen molar-refractivity contribution in [2.75, 3.05) is 7.11 Å². The molecule has 88 valence electrons. The van der Waals surface area contributed by atoms with Gasteiger partial charge in [0.2, 0.25) is 0 Å². The van der Waals surface area contributed by atoms with Gasteiger partial charge in [0.25, 0.3) is 0 Å². The molecule has 2 rings (SSSR count). The Kier molecular flexibility index (Phi) is 2.82. The third-order valence-corrected chi connectivity index (χ3v) is 2.41. The zero-order valence-electron chi connectivity index (χ0n) is 9.03. The summed E-state index contributed by atoms with van der Waals surface area (Å²) >= 11 is 0. The lowest BCUT2D eigenvalue weighted by molar-refractivity contribution is 0.0694. The summed E-state index contributed by atoms with van der Waals surface area (Å²) in [5, 5.41) is 8.93. The fourth-order valence-corrected chi connectivity index (χ4v) is 1.64. The number of aromatic carboxylic acids is 1. The van der Waals surface area contributed by atoms with E-state index in [0.717, 1.165) is 0 Å². The number of carboxylic acids is 1. The molecular formula is C12H10FNO3. The van der Waals surface area contributed by atoms with E-state index in [9.17, 15) is 9.18 Å². The third kappa shape index (κ3) is 1.87. The minimum absolute atomic E-state index is 0.0225. The minimum atomic E-state index is -1.12. The van der Waals surface area contributed by atoms with Crippen molar-refractivity contribution in [1.29, 1.82) is 0 Å². The third-order valence-electron chi connectivity index (χ3n) is 2.41. The number of carbonyl (C=O) groups is 1. The Hall–Kier alpha value is -2.30. The van der Waals surface area contributed by atoms with Crippen molar-refractivity contribution in [3.05, 3.63) is 41.8 Å². The van der Waals surface area contributed by atoms with E-state index >= 15 is 0 Å². The van der Waals surface area contributed by atoms with Crippen LogP contribution in [0.2, 0.25) is 0 Å². The monoisotopic (exact) mass is 235 g/mol. The molecule has 0 radical (unpaired) electrons. The van der Waals surface area contributed by atoms with Crippen LogP contribution in [0.1, 0.15) is 10.4 Å². The van der Waals surface area contributed by atoms with Crippen LogP contribution < -0.4 is 4.74 Å². The van der Waals surface area contributed by atoms with Crippen LogP contribution in [0.25, 0.3) is 11.3 Å². The first kappa shape index (κ1) is 11.2. The Balaban J connectivity index is 2.61. The summed E-state index contributed by atoms with van der Waals surface area (Å²) in [5.41, 5.74) is 0.575. The van der Waals surface area contributed by atoms with Crippen LogP contribution in [0.4, 0.5) is 4.39 Å². The second-order valence-electron chi connectivity index (χ2n) is 3.40. The highest BCUT2D eigenvalue weighted by Gasteiger charge is 2.20. The van der Waals surface area contributed by atoms with Gasteiger partial charge in [-0.05, 0) is 12.1 Å². The standard InChI is InChI=1S/C12H10FNO3/c1-17-11-8(12(15)16)6-14-10(11)7-4-2-3-5-9(7)13/h2-6,14H,1H3,(H,15,16). The number of carboxylic acid groups (broad SMARTS) is 1. The smallest absolute Gasteiger partial charge is 0.341 e. The molecule has 1 heterocycles. The lowest BCUT2D eigenvalue weighted by Crippen LogP contribution is -1.97. The maximum atomic E-state index is 13.6. The highest BCUT2D eigenvalue weighted by atomic mass is 19.1. The summed E-state index contributed by atoms with van der Waals surface area (Å²) < 4.78 is 18.6. The second kappa shape index (κ2) is 4.29. The maximum absolute atomic E-state index is 13.6. The predicted octanol–water partition coefficient (Wildman–Crippen LogP) is 2.53. The van der Waals surface area contributed by atoms with Gasteiger partial charge in [0.05, 0.1) is 12.8 Å². The van der Waals surface area contributed by atoms with Gasteiger partial charge in [-0.2, -0.15) is 0 Å². The number of aromatic amines is 1. The maximum Gasteiger partial charge on any atom is 0.341 e. The lowest BCUT2D eigenvalue weighted by atomic mass is 10.1. The predicted molar refractivity (Wildman–Crippen MR) is 59.7 cm³/mol. The van der Waals surface area contributed by atoms with Gasteiger partial charge in [0, 0.05) is 11.8 Å². The first-order valence-electron chi connectivity index (χ1n) is 4.88. The number of benzene rings is 1. The fourth-order valence-electron chi connectivity index (χ4n) is 1.64. The van der Waals surface area contributed by atoms with Gasteiger partial charge in [-0.15, -0.1) is 0 Å². The van der Waals surface area contributed by atoms with Gasteiger partial charge >= 0.3 is 5.97 Å². The van der Waals surface area contributed by atoms with Crippen molar-refractivity contribution in [2.45, 2.75) is 0 Å². The molecule has 1 aromatic carbocycles. The SMILES string of the molecule is COc1c(C(=O)O)c[nH]c1-c1ccccc1F. The molecule has 0 aliphatic heterocycles. The van der Waals surface area contributed by atoms with Crippen LogP contribution in [-0.2, 0) is 0 Å². The molecule has 0 unspecified atom stereocenters. The molecule has 4 nitrogen and oxygen atoms in total. The van der Waals surface area contributed by atoms with Crippen LogP contribution in [0.3, 0.4) is 0 Å². The molecule has 0 fully saturated rings. The number of hydrogen-bond acceptors (Lipinski definition) is 2. The number of hydrogen-bond donors (Lipinski definition) is 2. The van der Waals surface area contributed by atoms with E-state index in [-0.39, 0.29) is 16.9 Å². The molecular weight excluding hydrogens is 225 g/mol. The highest BCUT2D eigenvalue weighted by Crippen LogP contribution is 2.33. The first-order valence-corrected chi connectivity index (χ1v) is 4.88. The zero-order valence-corrected chi connectivity index (χ0v) is 9.03. The average molecular weight is 235 g/mol. The molecule has 0 spiro atoms. The molecule has 17 heavy (non-hydrogen) atoms. The summed E-state index contributed by atoms with van der Waals surface area (Å²) in [4.78, 5) is 13.6. The van der Waals surface area contributed by atoms with Crippen molar-refractivity contribution in [3.8, 4) is 17.0 Å². The molecule has 0 saturated carbocycles. The molecule has 2 N–H and O–H groups in total. The molecule has 0 atom stereocenters. The van der Waals surface area contributed by atoms with Crippen molar-refractivity contribution in [3.63, 3.8) is 0 Å². The minimum Gasteiger partial charge on any atom is -0.494 e. The van der Waals surface area contributed by atoms with E-state index in [0.29, 0.717) is 5.69 Å². The van der Waals surface area contributed by atoms with Crippen molar-refractivity contribution >= 4 is 5.97 Å². The van der Waals surface area contributed by atoms with Crippen LogP contribution in [0.15, 0.2) is 30.5 Å². The van der Waals surface area contributed by atoms with Gasteiger partial charge in [0.15, 0.2) is 5.75 Å². The number of methoxy groups -OCH3 is 1. The quantitative estimate of drug-likeness (QED) is 0.859. The topological polar surface area (TPSA) is 62.3 Å². The molecule has 1 aromatic heterocycles. The summed E-state index contributed by atoms with van der Waals surface area (Å²) in [7, 11) is 1.35. The van der Waals surface area contributed by atoms with Crippen molar-refractivity contribution < 1.29 is 19.0 Å². The largest absolute Gasteiger partial charge is 0.494 e. The lowest BCUT2D eigenvalue weighted by Gasteiger charge is -2.05. The second-order valence-corrected chi connectivity index (χ2v) is 3.40. The fraction of sp³-hybridized carbons (Fsp3) is 0.0833. The van der Waals surface area contributed by atoms with Crippen LogP contribution in [-0.4, -0.2) is 23.2 Å². The molecule has 0 saturated heterocycles. The summed E-state index contributed by atoms with van der Waals surface area (Å²) in [6, 6.07) is 6.08. The van der Waals surface area contributed by atoms with Crippen LogP contribution in [0, 0.1) is 5.82 Å². The van der Waals surface area contributed by atoms with Gasteiger partial charge in [-0.25, -0.2) is 9.18 Å². The van der Waals surface area contributed by atoms with Crippen molar-refractivity contribution in [2.24, 2.45) is 0 Å². The number of H-pyrrole nitrogens is 1. The van der Waals surface area contributed by atoms with E-state index in [4.69, 9.17) is 9.84 Å². The Morgan fingerprint density at radius 1 is 1.41 bits per heavy atom. The highest BCUT2D eigenvalue weighted by molar-refractivity contribution is 5.94. The van der Waals surface area contributed by atoms with Gasteiger partial charge < -0.3 is 14.8 Å². The van der Waals surface area contributed by atoms with Gasteiger partial charge in [0.1, 0.15) is 11.4 Å². The molecule has 0 aliphatic rings. The molecule has 0 bridgehead atoms. The van der Waals surface area contributed by atoms with Crippen LogP contribution >= 0.6 is 0 Å². The number of ether oxygens (including phenoxy) is 1. The normalized spacial score (nSPS) is 10.2.